The van der Waals surface area contributed by atoms with Gasteiger partial charge in [0.15, 0.2) is 0 Å². The fourth-order valence-electron chi connectivity index (χ4n) is 0.498. The van der Waals surface area contributed by atoms with Crippen molar-refractivity contribution in [2.75, 3.05) is 0 Å². The van der Waals surface area contributed by atoms with E-state index in [1.165, 1.54) is 0 Å². The molecule has 0 amide bonds. The number of hydrogen-bond donors (Lipinski definition) is 2. The van der Waals surface area contributed by atoms with Gasteiger partial charge in [-0.25, -0.2) is 0 Å². The van der Waals surface area contributed by atoms with Crippen molar-refractivity contribution in [3.63, 3.8) is 0 Å². The van der Waals surface area contributed by atoms with Crippen molar-refractivity contribution < 1.29 is 5.11 Å². The van der Waals surface area contributed by atoms with Crippen molar-refractivity contribution >= 4 is 5.71 Å². The van der Waals surface area contributed by atoms with Gasteiger partial charge in [-0.15, -0.1) is 0 Å². The van der Waals surface area contributed by atoms with Crippen LogP contribution in [0.3, 0.4) is 0 Å². The van der Waals surface area contributed by atoms with Crippen molar-refractivity contribution in [3.8, 4) is 0 Å². The van der Waals surface area contributed by atoms with Crippen LogP contribution in [0, 0.1) is 5.41 Å². The first kappa shape index (κ1) is 8.21. The van der Waals surface area contributed by atoms with Crippen LogP contribution in [-0.2, 0) is 0 Å². The first-order chi connectivity index (χ1) is 4.22. The zero-order valence-electron chi connectivity index (χ0n) is 5.94. The van der Waals surface area contributed by atoms with Crippen molar-refractivity contribution in [2.24, 2.45) is 0 Å². The van der Waals surface area contributed by atoms with Crippen molar-refractivity contribution in [3.05, 3.63) is 11.8 Å². The highest BCUT2D eigenvalue weighted by atomic mass is 16.3. The Balaban J connectivity index is 3.86. The molecule has 0 aromatic rings. The van der Waals surface area contributed by atoms with Crippen LogP contribution >= 0.6 is 0 Å². The standard InChI is InChI=1S/C7H13NO/c1-3-5-7(9)6(8)4-2/h5,8-9H,3-4H2,1-2H3/b7-5+,8-6?. The molecule has 0 fully saturated rings. The summed E-state index contributed by atoms with van der Waals surface area (Å²) in [6.07, 6.45) is 3.03. The molecule has 0 rings (SSSR count). The first-order valence-corrected chi connectivity index (χ1v) is 3.19. The Bertz CT molecular complexity index is 127. The fraction of sp³-hybridized carbons (Fsp3) is 0.571. The molecule has 0 heterocycles. The van der Waals surface area contributed by atoms with Crippen LogP contribution in [0.25, 0.3) is 0 Å². The average Bonchev–Trinajstić information content (AvgIpc) is 1.87. The van der Waals surface area contributed by atoms with E-state index in [1.807, 2.05) is 13.8 Å². The Hall–Kier alpha value is -0.790. The van der Waals surface area contributed by atoms with Gasteiger partial charge in [0.1, 0.15) is 5.76 Å². The molecule has 0 aliphatic heterocycles. The lowest BCUT2D eigenvalue weighted by Gasteiger charge is -1.95. The Labute approximate surface area is 55.7 Å². The smallest absolute Gasteiger partial charge is 0.132 e. The van der Waals surface area contributed by atoms with E-state index >= 15 is 0 Å². The molecule has 0 saturated heterocycles. The zero-order chi connectivity index (χ0) is 7.28. The maximum atomic E-state index is 8.95. The van der Waals surface area contributed by atoms with Crippen molar-refractivity contribution in [1.82, 2.24) is 0 Å². The Morgan fingerprint density at radius 3 is 2.44 bits per heavy atom. The first-order valence-electron chi connectivity index (χ1n) is 3.19. The molecule has 0 atom stereocenters. The second-order valence-electron chi connectivity index (χ2n) is 1.83. The lowest BCUT2D eigenvalue weighted by molar-refractivity contribution is 0.438. The van der Waals surface area contributed by atoms with Crippen LogP contribution in [0.15, 0.2) is 11.8 Å². The summed E-state index contributed by atoms with van der Waals surface area (Å²) in [6.45, 7) is 3.78. The van der Waals surface area contributed by atoms with E-state index in [4.69, 9.17) is 10.5 Å². The van der Waals surface area contributed by atoms with Crippen LogP contribution in [-0.4, -0.2) is 10.8 Å². The van der Waals surface area contributed by atoms with Crippen LogP contribution in [0.2, 0.25) is 0 Å². The minimum Gasteiger partial charge on any atom is -0.506 e. The quantitative estimate of drug-likeness (QED) is 0.443. The molecule has 2 nitrogen and oxygen atoms in total. The lowest BCUT2D eigenvalue weighted by atomic mass is 10.2. The molecule has 0 aromatic heterocycles. The summed E-state index contributed by atoms with van der Waals surface area (Å²) in [7, 11) is 0. The number of allylic oxidation sites excluding steroid dienone is 2. The summed E-state index contributed by atoms with van der Waals surface area (Å²) < 4.78 is 0. The summed E-state index contributed by atoms with van der Waals surface area (Å²) in [5.41, 5.74) is 0.317. The molecule has 0 aromatic carbocycles. The maximum absolute atomic E-state index is 8.95. The number of nitrogens with one attached hydrogen (secondary N) is 1. The van der Waals surface area contributed by atoms with E-state index < -0.39 is 0 Å². The largest absolute Gasteiger partial charge is 0.506 e. The second-order valence-corrected chi connectivity index (χ2v) is 1.83. The van der Waals surface area contributed by atoms with E-state index in [0.717, 1.165) is 6.42 Å². The van der Waals surface area contributed by atoms with Crippen LogP contribution in [0.4, 0.5) is 0 Å². The van der Waals surface area contributed by atoms with Crippen LogP contribution in [0.1, 0.15) is 26.7 Å². The fourth-order valence-corrected chi connectivity index (χ4v) is 0.498. The van der Waals surface area contributed by atoms with Crippen molar-refractivity contribution in [1.29, 1.82) is 5.41 Å². The van der Waals surface area contributed by atoms with Gasteiger partial charge >= 0.3 is 0 Å². The highest BCUT2D eigenvalue weighted by Crippen LogP contribution is 1.96. The summed E-state index contributed by atoms with van der Waals surface area (Å²) >= 11 is 0. The van der Waals surface area contributed by atoms with Crippen molar-refractivity contribution in [2.45, 2.75) is 26.7 Å². The van der Waals surface area contributed by atoms with Gasteiger partial charge in [-0.1, -0.05) is 13.8 Å². The third-order valence-electron chi connectivity index (χ3n) is 1.06. The molecule has 2 heteroatoms. The number of rotatable bonds is 3. The molecule has 0 bridgehead atoms. The lowest BCUT2D eigenvalue weighted by Crippen LogP contribution is -1.97. The maximum Gasteiger partial charge on any atom is 0.132 e. The van der Waals surface area contributed by atoms with Gasteiger partial charge in [0.05, 0.1) is 5.71 Å². The SMILES string of the molecule is CC/C=C(/O)C(=N)CC. The molecule has 0 radical (unpaired) electrons. The predicted molar refractivity (Wildman–Crippen MR) is 39.0 cm³/mol. The monoisotopic (exact) mass is 127 g/mol. The zero-order valence-corrected chi connectivity index (χ0v) is 5.94. The molecule has 0 spiro atoms. The molecule has 52 valence electrons. The van der Waals surface area contributed by atoms with Gasteiger partial charge in [-0.2, -0.15) is 0 Å². The van der Waals surface area contributed by atoms with Gasteiger partial charge in [0, 0.05) is 0 Å². The molecule has 0 saturated carbocycles. The van der Waals surface area contributed by atoms with E-state index in [1.54, 1.807) is 6.08 Å². The molecule has 9 heavy (non-hydrogen) atoms. The topological polar surface area (TPSA) is 44.1 Å². The molecule has 0 aliphatic carbocycles. The highest BCUT2D eigenvalue weighted by molar-refractivity contribution is 5.95. The normalized spacial score (nSPS) is 11.6. The minimum atomic E-state index is 0.125. The van der Waals surface area contributed by atoms with E-state index in [9.17, 15) is 0 Å². The highest BCUT2D eigenvalue weighted by Gasteiger charge is 1.95. The van der Waals surface area contributed by atoms with Gasteiger partial charge in [-0.3, -0.25) is 0 Å². The Kier molecular flexibility index (Phi) is 3.76. The molecule has 2 N–H and O–H groups in total. The van der Waals surface area contributed by atoms with E-state index in [-0.39, 0.29) is 5.76 Å². The molecular weight excluding hydrogens is 114 g/mol. The van der Waals surface area contributed by atoms with Gasteiger partial charge in [0.2, 0.25) is 0 Å². The van der Waals surface area contributed by atoms with Gasteiger partial charge in [0.25, 0.3) is 0 Å². The van der Waals surface area contributed by atoms with Gasteiger partial charge in [-0.05, 0) is 18.9 Å². The molecule has 0 aliphatic rings. The number of hydrogen-bond acceptors (Lipinski definition) is 2. The third kappa shape index (κ3) is 2.90. The summed E-state index contributed by atoms with van der Waals surface area (Å²) in [6, 6.07) is 0. The van der Waals surface area contributed by atoms with E-state index in [2.05, 4.69) is 0 Å². The summed E-state index contributed by atoms with van der Waals surface area (Å²) in [4.78, 5) is 0. The molecular formula is C7H13NO. The van der Waals surface area contributed by atoms with Gasteiger partial charge < -0.3 is 10.5 Å². The second kappa shape index (κ2) is 4.13. The number of aliphatic hydroxyl groups excluding tert-OH is 1. The van der Waals surface area contributed by atoms with E-state index in [0.29, 0.717) is 12.1 Å². The molecule has 0 unspecified atom stereocenters. The predicted octanol–water partition coefficient (Wildman–Crippen LogP) is 2.27. The number of aliphatic hydroxyl groups is 1. The summed E-state index contributed by atoms with van der Waals surface area (Å²) in [5, 5.41) is 16.1. The Morgan fingerprint density at radius 2 is 2.11 bits per heavy atom. The summed E-state index contributed by atoms with van der Waals surface area (Å²) in [5.74, 6) is 0.125. The van der Waals surface area contributed by atoms with Crippen LogP contribution in [0.5, 0.6) is 0 Å². The Morgan fingerprint density at radius 1 is 1.56 bits per heavy atom. The average molecular weight is 127 g/mol. The minimum absolute atomic E-state index is 0.125. The third-order valence-corrected chi connectivity index (χ3v) is 1.06. The van der Waals surface area contributed by atoms with Crippen LogP contribution < -0.4 is 0 Å².